The zero-order chi connectivity index (χ0) is 48.8. The first-order chi connectivity index (χ1) is 33.7. The molecule has 0 spiro atoms. The van der Waals surface area contributed by atoms with Crippen molar-refractivity contribution in [2.45, 2.75) is 81.4 Å². The summed E-state index contributed by atoms with van der Waals surface area (Å²) in [5, 5.41) is 0.975. The molecular formula is C52H58N8O9S. The molecule has 0 bridgehead atoms. The van der Waals surface area contributed by atoms with Crippen LogP contribution in [0.1, 0.15) is 76.8 Å². The lowest BCUT2D eigenvalue weighted by Crippen LogP contribution is -2.36. The fraction of sp³-hybridized carbons (Fsp3) is 0.462. The second-order valence-electron chi connectivity index (χ2n) is 19.7. The minimum atomic E-state index is -0.612. The van der Waals surface area contributed by atoms with E-state index in [0.717, 1.165) is 52.5 Å². The van der Waals surface area contributed by atoms with E-state index in [1.54, 1.807) is 86.4 Å². The topological polar surface area (TPSA) is 175 Å². The highest BCUT2D eigenvalue weighted by atomic mass is 32.2. The van der Waals surface area contributed by atoms with Crippen LogP contribution in [-0.4, -0.2) is 143 Å². The van der Waals surface area contributed by atoms with Gasteiger partial charge >= 0.3 is 0 Å². The predicted octanol–water partition coefficient (Wildman–Crippen LogP) is 5.30. The number of thioether (sulfide) groups is 1. The minimum absolute atomic E-state index is 0.0357. The Balaban J connectivity index is 0.000000162. The molecule has 70 heavy (non-hydrogen) atoms. The number of fused-ring (bicyclic) bond motifs is 3. The number of ether oxygens (including phenoxy) is 3. The predicted molar refractivity (Wildman–Crippen MR) is 260 cm³/mol. The number of pyridine rings is 2. The SMILES string of the molecule is CN(C)C(=O)CN1Cc2ccc(N3CC[C@@H](Oc4ccc(OC5C[C@@H]6C[C@@H]6C5)nc4)C3=O)cc2C1=O.CN(C)C(=O)CN1Cc2ccc(N3CC[C@@H](Oc4ccc(SCC5CC5)nc4)C3=O)cc2C1=O. The summed E-state index contributed by atoms with van der Waals surface area (Å²) in [6, 6.07) is 18.4. The number of rotatable bonds is 15. The summed E-state index contributed by atoms with van der Waals surface area (Å²) in [7, 11) is 6.68. The number of nitrogens with zero attached hydrogens (tertiary/aromatic N) is 8. The third-order valence-electron chi connectivity index (χ3n) is 14.2. The summed E-state index contributed by atoms with van der Waals surface area (Å²) in [5.74, 6) is 4.45. The number of benzene rings is 2. The van der Waals surface area contributed by atoms with Crippen LogP contribution in [0.5, 0.6) is 17.4 Å². The Hall–Kier alpha value is -6.69. The van der Waals surface area contributed by atoms with E-state index in [2.05, 4.69) is 9.97 Å². The van der Waals surface area contributed by atoms with E-state index in [1.807, 2.05) is 36.4 Å². The van der Waals surface area contributed by atoms with Crippen molar-refractivity contribution in [1.29, 1.82) is 0 Å². The molecule has 2 saturated heterocycles. The standard InChI is InChI=1S/C27H30N4O5.C25H28N4O4S/c1-29(2)25(32)15-30-14-16-3-4-19(12-22(16)26(30)33)31-8-7-23(27(31)34)35-20-5-6-24(28-13-20)36-21-10-17-9-18(17)11-21;1-27(2)23(30)14-28-13-17-5-6-18(11-20(17)24(28)31)29-10-9-21(25(29)32)33-19-7-8-22(26-12-19)34-15-16-3-4-16/h3-6,12-13,17-18,21,23H,7-11,14-15H2,1-2H3;5-8,11-12,16,21H,3-4,9-10,13-15H2,1-2H3/t17-,18+,21?,23-;21-/m11/s1. The zero-order valence-corrected chi connectivity index (χ0v) is 40.8. The van der Waals surface area contributed by atoms with Crippen LogP contribution in [0.2, 0.25) is 0 Å². The maximum atomic E-state index is 13.1. The van der Waals surface area contributed by atoms with Gasteiger partial charge in [0.1, 0.15) is 30.7 Å². The van der Waals surface area contributed by atoms with Crippen molar-refractivity contribution in [1.82, 2.24) is 29.6 Å². The van der Waals surface area contributed by atoms with Gasteiger partial charge in [0.2, 0.25) is 17.7 Å². The highest BCUT2D eigenvalue weighted by molar-refractivity contribution is 7.99. The number of hydrogen-bond acceptors (Lipinski definition) is 12. The Morgan fingerprint density at radius 2 is 1.14 bits per heavy atom. The van der Waals surface area contributed by atoms with Gasteiger partial charge in [-0.15, -0.1) is 11.8 Å². The first kappa shape index (κ1) is 47.0. The Labute approximate surface area is 411 Å². The van der Waals surface area contributed by atoms with Crippen molar-refractivity contribution in [3.05, 3.63) is 95.3 Å². The van der Waals surface area contributed by atoms with Crippen molar-refractivity contribution in [3.8, 4) is 17.4 Å². The molecule has 18 heteroatoms. The van der Waals surface area contributed by atoms with E-state index in [1.165, 1.54) is 38.9 Å². The monoisotopic (exact) mass is 970 g/mol. The van der Waals surface area contributed by atoms with Crippen molar-refractivity contribution in [3.63, 3.8) is 0 Å². The lowest BCUT2D eigenvalue weighted by Gasteiger charge is -2.18. The summed E-state index contributed by atoms with van der Waals surface area (Å²) in [6.07, 6.45) is 9.70. The van der Waals surface area contributed by atoms with Gasteiger partial charge < -0.3 is 43.6 Å². The van der Waals surface area contributed by atoms with Crippen LogP contribution in [-0.2, 0) is 32.3 Å². The number of carbonyl (C=O) groups is 6. The largest absolute Gasteiger partial charge is 0.479 e. The number of hydrogen-bond donors (Lipinski definition) is 0. The Bertz CT molecular complexity index is 2690. The molecule has 5 fully saturated rings. The highest BCUT2D eigenvalue weighted by Gasteiger charge is 2.47. The molecule has 6 heterocycles. The maximum absolute atomic E-state index is 13.1. The zero-order valence-electron chi connectivity index (χ0n) is 40.0. The summed E-state index contributed by atoms with van der Waals surface area (Å²) < 4.78 is 17.9. The first-order valence-corrected chi connectivity index (χ1v) is 25.2. The van der Waals surface area contributed by atoms with E-state index in [9.17, 15) is 28.8 Å². The second-order valence-corrected chi connectivity index (χ2v) is 20.8. The van der Waals surface area contributed by atoms with Crippen LogP contribution in [0.15, 0.2) is 78.1 Å². The van der Waals surface area contributed by atoms with Crippen LogP contribution >= 0.6 is 11.8 Å². The van der Waals surface area contributed by atoms with Crippen molar-refractivity contribution in [2.75, 3.05) is 69.9 Å². The third kappa shape index (κ3) is 10.3. The summed E-state index contributed by atoms with van der Waals surface area (Å²) in [4.78, 5) is 94.2. The normalized spacial score (nSPS) is 22.9. The number of amides is 6. The van der Waals surface area contributed by atoms with Gasteiger partial charge in [-0.25, -0.2) is 9.97 Å². The van der Waals surface area contributed by atoms with Crippen LogP contribution in [0.3, 0.4) is 0 Å². The lowest BCUT2D eigenvalue weighted by molar-refractivity contribution is -0.130. The quantitative estimate of drug-likeness (QED) is 0.141. The highest BCUT2D eigenvalue weighted by Crippen LogP contribution is 2.52. The molecule has 0 N–H and O–H groups in total. The Morgan fingerprint density at radius 3 is 1.60 bits per heavy atom. The van der Waals surface area contributed by atoms with Gasteiger partial charge in [0.15, 0.2) is 12.2 Å². The molecule has 11 rings (SSSR count). The molecule has 0 radical (unpaired) electrons. The number of likely N-dealkylation sites (N-methyl/N-ethyl adjacent to an activating group) is 2. The molecule has 5 atom stereocenters. The van der Waals surface area contributed by atoms with Crippen molar-refractivity contribution < 1.29 is 43.0 Å². The molecule has 366 valence electrons. The molecule has 4 aromatic rings. The van der Waals surface area contributed by atoms with Crippen molar-refractivity contribution >= 4 is 58.6 Å². The molecule has 2 aromatic carbocycles. The molecule has 7 aliphatic rings. The summed E-state index contributed by atoms with van der Waals surface area (Å²) in [6.45, 7) is 1.88. The van der Waals surface area contributed by atoms with E-state index >= 15 is 0 Å². The number of carbonyl (C=O) groups excluding carboxylic acids is 6. The van der Waals surface area contributed by atoms with E-state index < -0.39 is 12.2 Å². The fourth-order valence-corrected chi connectivity index (χ4v) is 10.7. The molecular weight excluding hydrogens is 913 g/mol. The Morgan fingerprint density at radius 1 is 0.629 bits per heavy atom. The Kier molecular flexibility index (Phi) is 13.2. The molecule has 3 aliphatic carbocycles. The van der Waals surface area contributed by atoms with E-state index in [4.69, 9.17) is 14.2 Å². The molecule has 4 aliphatic heterocycles. The second kappa shape index (κ2) is 19.6. The molecule has 17 nitrogen and oxygen atoms in total. The van der Waals surface area contributed by atoms with Gasteiger partial charge in [0.05, 0.1) is 17.4 Å². The molecule has 6 amide bonds. The van der Waals surface area contributed by atoms with Crippen LogP contribution in [0, 0.1) is 17.8 Å². The fourth-order valence-electron chi connectivity index (χ4n) is 9.71. The van der Waals surface area contributed by atoms with Gasteiger partial charge in [-0.1, -0.05) is 12.1 Å². The lowest BCUT2D eigenvalue weighted by atomic mass is 10.1. The van der Waals surface area contributed by atoms with Gasteiger partial charge in [-0.2, -0.15) is 0 Å². The molecule has 2 aromatic heterocycles. The number of aromatic nitrogens is 2. The van der Waals surface area contributed by atoms with Crippen molar-refractivity contribution in [2.24, 2.45) is 17.8 Å². The minimum Gasteiger partial charge on any atom is -0.479 e. The van der Waals surface area contributed by atoms with Gasteiger partial charge in [0.25, 0.3) is 23.6 Å². The van der Waals surface area contributed by atoms with Gasteiger partial charge in [0, 0.05) is 102 Å². The maximum Gasteiger partial charge on any atom is 0.268 e. The average molecular weight is 971 g/mol. The first-order valence-electron chi connectivity index (χ1n) is 24.2. The average Bonchev–Trinajstić information content (AvgIpc) is 4.11. The molecule has 3 saturated carbocycles. The van der Waals surface area contributed by atoms with Gasteiger partial charge in [-0.05, 0) is 103 Å². The molecule has 1 unspecified atom stereocenters. The van der Waals surface area contributed by atoms with Gasteiger partial charge in [-0.3, -0.25) is 28.8 Å². The van der Waals surface area contributed by atoms with Crippen LogP contribution < -0.4 is 24.0 Å². The summed E-state index contributed by atoms with van der Waals surface area (Å²) >= 11 is 1.76. The van der Waals surface area contributed by atoms with E-state index in [0.29, 0.717) is 78.9 Å². The smallest absolute Gasteiger partial charge is 0.268 e. The van der Waals surface area contributed by atoms with E-state index in [-0.39, 0.29) is 54.6 Å². The number of anilines is 2. The van der Waals surface area contributed by atoms with Crippen LogP contribution in [0.4, 0.5) is 11.4 Å². The third-order valence-corrected chi connectivity index (χ3v) is 15.3. The summed E-state index contributed by atoms with van der Waals surface area (Å²) in [5.41, 5.74) is 4.15. The van der Waals surface area contributed by atoms with Crippen LogP contribution in [0.25, 0.3) is 0 Å².